The highest BCUT2D eigenvalue weighted by Crippen LogP contribution is 2.60. The predicted molar refractivity (Wildman–Crippen MR) is 140 cm³/mol. The summed E-state index contributed by atoms with van der Waals surface area (Å²) >= 11 is 0. The molecular weight excluding hydrogens is 417 g/mol. The summed E-state index contributed by atoms with van der Waals surface area (Å²) in [5.41, 5.74) is 12.2. The van der Waals surface area contributed by atoms with Gasteiger partial charge >= 0.3 is 6.98 Å². The smallest absolute Gasteiger partial charge is 0.439 e. The lowest BCUT2D eigenvalue weighted by atomic mass is 9.62. The fourth-order valence-corrected chi connectivity index (χ4v) is 6.62. The number of para-hydroxylation sites is 3. The van der Waals surface area contributed by atoms with Gasteiger partial charge in [0.2, 0.25) is 5.88 Å². The molecule has 0 fully saturated rings. The van der Waals surface area contributed by atoms with Crippen molar-refractivity contribution in [3.63, 3.8) is 0 Å². The van der Waals surface area contributed by atoms with Crippen LogP contribution in [0.15, 0.2) is 95.4 Å². The van der Waals surface area contributed by atoms with Crippen molar-refractivity contribution in [1.82, 2.24) is 4.57 Å². The van der Waals surface area contributed by atoms with Gasteiger partial charge in [-0.25, -0.2) is 0 Å². The highest BCUT2D eigenvalue weighted by atomic mass is 16.4. The van der Waals surface area contributed by atoms with Crippen molar-refractivity contribution >= 4 is 57.4 Å². The largest absolute Gasteiger partial charge is 0.441 e. The van der Waals surface area contributed by atoms with E-state index in [1.165, 1.54) is 61.2 Å². The van der Waals surface area contributed by atoms with E-state index in [0.717, 1.165) is 11.5 Å². The van der Waals surface area contributed by atoms with Crippen molar-refractivity contribution < 1.29 is 4.42 Å². The van der Waals surface area contributed by atoms with Crippen LogP contribution >= 0.6 is 0 Å². The van der Waals surface area contributed by atoms with E-state index in [1.807, 2.05) is 0 Å². The van der Waals surface area contributed by atoms with Crippen LogP contribution in [-0.4, -0.2) is 11.5 Å². The fourth-order valence-electron chi connectivity index (χ4n) is 6.62. The van der Waals surface area contributed by atoms with Gasteiger partial charge < -0.3 is 18.6 Å². The van der Waals surface area contributed by atoms with Crippen molar-refractivity contribution in [3.05, 3.63) is 91.0 Å². The van der Waals surface area contributed by atoms with Crippen LogP contribution in [-0.2, 0) is 7.05 Å². The summed E-state index contributed by atoms with van der Waals surface area (Å²) in [5, 5.41) is 2.51. The van der Waals surface area contributed by atoms with Crippen LogP contribution in [0.25, 0.3) is 44.1 Å². The molecule has 0 aliphatic carbocycles. The lowest BCUT2D eigenvalue weighted by molar-refractivity contribution is 0.628. The van der Waals surface area contributed by atoms with Gasteiger partial charge in [0, 0.05) is 51.6 Å². The number of fused-ring (bicyclic) bond motifs is 13. The lowest BCUT2D eigenvalue weighted by Gasteiger charge is -2.37. The normalized spacial score (nSPS) is 14.4. The number of nitrogens with zero attached hydrogens (tertiary/aromatic N) is 3. The maximum atomic E-state index is 6.66. The Morgan fingerprint density at radius 1 is 0.676 bits per heavy atom. The highest BCUT2D eigenvalue weighted by molar-refractivity contribution is 6.87. The first-order valence-corrected chi connectivity index (χ1v) is 11.7. The Balaban J connectivity index is 1.49. The molecule has 3 aliphatic rings. The maximum absolute atomic E-state index is 6.66. The molecule has 2 aromatic heterocycles. The fraction of sp³-hybridized carbons (Fsp3) is 0.0345. The molecule has 6 aromatic rings. The number of rotatable bonds is 0. The summed E-state index contributed by atoms with van der Waals surface area (Å²) in [6.07, 6.45) is 0. The molecule has 0 N–H and O–H groups in total. The van der Waals surface area contributed by atoms with Crippen molar-refractivity contribution in [2.24, 2.45) is 7.05 Å². The Morgan fingerprint density at radius 3 is 2.26 bits per heavy atom. The molecule has 5 heteroatoms. The Morgan fingerprint density at radius 2 is 1.38 bits per heavy atom. The third-order valence-electron chi connectivity index (χ3n) is 7.90. The van der Waals surface area contributed by atoms with E-state index in [4.69, 9.17) is 4.42 Å². The van der Waals surface area contributed by atoms with Crippen LogP contribution < -0.4 is 15.2 Å². The first-order valence-electron chi connectivity index (χ1n) is 11.7. The molecule has 5 heterocycles. The standard InChI is InChI=1S/C29H18BN3O/c1-31-21-13-5-3-10-19(21)25-20-11-4-7-15-23(20)33-29-27-26-18(12-8-16-24(26)34-29)17-9-2-6-14-22(17)32(27)30(33)28(25)31/h2-16H,1H3. The van der Waals surface area contributed by atoms with Crippen LogP contribution in [0.2, 0.25) is 0 Å². The number of hydrogen-bond acceptors (Lipinski definition) is 3. The number of benzene rings is 4. The van der Waals surface area contributed by atoms with E-state index < -0.39 is 0 Å². The maximum Gasteiger partial charge on any atom is 0.441 e. The molecule has 0 spiro atoms. The summed E-state index contributed by atoms with van der Waals surface area (Å²) in [6.45, 7) is -0.0186. The monoisotopic (exact) mass is 435 g/mol. The summed E-state index contributed by atoms with van der Waals surface area (Å²) in [7, 11) is 2.20. The molecular formula is C29H18BN3O. The molecule has 158 valence electrons. The van der Waals surface area contributed by atoms with Gasteiger partial charge in [-0.1, -0.05) is 66.7 Å². The van der Waals surface area contributed by atoms with Gasteiger partial charge in [-0.3, -0.25) is 0 Å². The van der Waals surface area contributed by atoms with Crippen molar-refractivity contribution in [1.29, 1.82) is 0 Å². The van der Waals surface area contributed by atoms with Crippen LogP contribution in [0.3, 0.4) is 0 Å². The van der Waals surface area contributed by atoms with Gasteiger partial charge in [-0.2, -0.15) is 0 Å². The molecule has 0 saturated carbocycles. The molecule has 3 aliphatic heterocycles. The molecule has 9 rings (SSSR count). The zero-order chi connectivity index (χ0) is 22.1. The van der Waals surface area contributed by atoms with Gasteiger partial charge in [0.15, 0.2) is 0 Å². The Labute approximate surface area is 196 Å². The molecule has 0 atom stereocenters. The van der Waals surface area contributed by atoms with E-state index in [1.54, 1.807) is 0 Å². The summed E-state index contributed by atoms with van der Waals surface area (Å²) in [6, 6.07) is 32.7. The van der Waals surface area contributed by atoms with Gasteiger partial charge in [0.1, 0.15) is 11.3 Å². The predicted octanol–water partition coefficient (Wildman–Crippen LogP) is 6.57. The van der Waals surface area contributed by atoms with E-state index in [2.05, 4.69) is 112 Å². The van der Waals surface area contributed by atoms with Crippen LogP contribution in [0.5, 0.6) is 0 Å². The van der Waals surface area contributed by atoms with E-state index in [0.29, 0.717) is 0 Å². The van der Waals surface area contributed by atoms with E-state index in [-0.39, 0.29) is 6.98 Å². The first-order chi connectivity index (χ1) is 16.8. The van der Waals surface area contributed by atoms with Gasteiger partial charge in [0.05, 0.1) is 5.39 Å². The number of aromatic nitrogens is 1. The molecule has 0 unspecified atom stereocenters. The summed E-state index contributed by atoms with van der Waals surface area (Å²) in [5.74, 6) is 0.935. The Bertz CT molecular complexity index is 1860. The van der Waals surface area contributed by atoms with Gasteiger partial charge in [0.25, 0.3) is 0 Å². The van der Waals surface area contributed by atoms with Crippen LogP contribution in [0.1, 0.15) is 0 Å². The minimum absolute atomic E-state index is 0.0186. The average Bonchev–Trinajstić information content (AvgIpc) is 3.52. The SMILES string of the molecule is Cn1c2c(c3ccccc31)-c1ccccc1N1B2N2c3ccccc3-c3cccc4oc1c2c34. The molecule has 0 bridgehead atoms. The summed E-state index contributed by atoms with van der Waals surface area (Å²) < 4.78 is 9.04. The summed E-state index contributed by atoms with van der Waals surface area (Å²) in [4.78, 5) is 4.93. The second-order valence-corrected chi connectivity index (χ2v) is 9.42. The molecule has 4 nitrogen and oxygen atoms in total. The number of hydrogen-bond donors (Lipinski definition) is 0. The van der Waals surface area contributed by atoms with Crippen LogP contribution in [0.4, 0.5) is 22.9 Å². The van der Waals surface area contributed by atoms with E-state index >= 15 is 0 Å². The molecule has 0 saturated heterocycles. The topological polar surface area (TPSA) is 24.6 Å². The van der Waals surface area contributed by atoms with E-state index in [9.17, 15) is 0 Å². The molecule has 34 heavy (non-hydrogen) atoms. The molecule has 4 aromatic carbocycles. The quantitative estimate of drug-likeness (QED) is 0.252. The Kier molecular flexibility index (Phi) is 2.81. The first kappa shape index (κ1) is 17.1. The minimum atomic E-state index is -0.0186. The van der Waals surface area contributed by atoms with Gasteiger partial charge in [-0.05, 0) is 29.8 Å². The average molecular weight is 435 g/mol. The molecule has 0 amide bonds. The number of anilines is 4. The minimum Gasteiger partial charge on any atom is -0.439 e. The van der Waals surface area contributed by atoms with Crippen LogP contribution in [0, 0.1) is 0 Å². The second kappa shape index (κ2) is 5.57. The van der Waals surface area contributed by atoms with Crippen molar-refractivity contribution in [3.8, 4) is 22.3 Å². The molecule has 0 radical (unpaired) electrons. The third-order valence-corrected chi connectivity index (χ3v) is 7.90. The van der Waals surface area contributed by atoms with Crippen molar-refractivity contribution in [2.45, 2.75) is 0 Å². The second-order valence-electron chi connectivity index (χ2n) is 9.42. The zero-order valence-electron chi connectivity index (χ0n) is 18.5. The lowest BCUT2D eigenvalue weighted by Crippen LogP contribution is -2.58. The zero-order valence-corrected chi connectivity index (χ0v) is 18.5. The van der Waals surface area contributed by atoms with Crippen molar-refractivity contribution in [2.75, 3.05) is 9.62 Å². The third kappa shape index (κ3) is 1.72. The highest BCUT2D eigenvalue weighted by Gasteiger charge is 2.54. The number of furan rings is 1. The number of aryl methyl sites for hydroxylation is 1. The van der Waals surface area contributed by atoms with Gasteiger partial charge in [-0.15, -0.1) is 0 Å². The Hall–Kier alpha value is -4.38.